The Kier molecular flexibility index (Phi) is 6.99. The quantitative estimate of drug-likeness (QED) is 0.427. The summed E-state index contributed by atoms with van der Waals surface area (Å²) in [6, 6.07) is 12.3. The molecule has 0 aliphatic heterocycles. The van der Waals surface area contributed by atoms with Gasteiger partial charge in [-0.15, -0.1) is 0 Å². The smallest absolute Gasteiger partial charge is 0.174 e. The molecule has 30 heavy (non-hydrogen) atoms. The molecule has 4 nitrogen and oxygen atoms in total. The topological polar surface area (TPSA) is 66.8 Å². The van der Waals surface area contributed by atoms with Crippen LogP contribution in [-0.2, 0) is 0 Å². The minimum absolute atomic E-state index is 0.0161. The van der Waals surface area contributed by atoms with Gasteiger partial charge in [0, 0.05) is 5.92 Å². The van der Waals surface area contributed by atoms with E-state index in [1.807, 2.05) is 24.3 Å². The minimum Gasteiger partial charge on any atom is -0.507 e. The highest BCUT2D eigenvalue weighted by Crippen LogP contribution is 2.43. The zero-order chi connectivity index (χ0) is 21.7. The van der Waals surface area contributed by atoms with Crippen LogP contribution in [0.1, 0.15) is 61.4 Å². The molecule has 2 aromatic carbocycles. The van der Waals surface area contributed by atoms with Gasteiger partial charge in [-0.2, -0.15) is 0 Å². The number of aromatic hydroxyl groups is 2. The van der Waals surface area contributed by atoms with E-state index in [0.717, 1.165) is 30.6 Å². The van der Waals surface area contributed by atoms with Gasteiger partial charge in [0.05, 0.1) is 7.11 Å². The van der Waals surface area contributed by atoms with E-state index < -0.39 is 0 Å². The number of phenolic OH excluding ortho intramolecular Hbond substituents is 2. The summed E-state index contributed by atoms with van der Waals surface area (Å²) in [5.74, 6) is -0.154. The van der Waals surface area contributed by atoms with Crippen LogP contribution in [0.2, 0.25) is 0 Å². The average Bonchev–Trinajstić information content (AvgIpc) is 2.73. The van der Waals surface area contributed by atoms with Crippen LogP contribution in [0.5, 0.6) is 17.2 Å². The van der Waals surface area contributed by atoms with Crippen molar-refractivity contribution in [2.24, 2.45) is 5.92 Å². The maximum absolute atomic E-state index is 13.4. The fraction of sp³-hybridized carbons (Fsp3) is 0.346. The Labute approximate surface area is 178 Å². The number of benzene rings is 2. The molecule has 0 bridgehead atoms. The molecular formula is C26H30O4. The molecule has 158 valence electrons. The van der Waals surface area contributed by atoms with Crippen LogP contribution in [0.4, 0.5) is 0 Å². The summed E-state index contributed by atoms with van der Waals surface area (Å²) in [4.78, 5) is 13.4. The van der Waals surface area contributed by atoms with Crippen molar-refractivity contribution in [3.8, 4) is 17.2 Å². The Morgan fingerprint density at radius 3 is 2.37 bits per heavy atom. The molecule has 2 N–H and O–H groups in total. The van der Waals surface area contributed by atoms with Gasteiger partial charge in [-0.1, -0.05) is 41.5 Å². The third-order valence-electron chi connectivity index (χ3n) is 5.79. The van der Waals surface area contributed by atoms with Crippen LogP contribution >= 0.6 is 0 Å². The number of ketones is 1. The summed E-state index contributed by atoms with van der Waals surface area (Å²) in [5, 5.41) is 20.4. The first kappa shape index (κ1) is 21.7. The molecule has 2 aromatic rings. The molecule has 0 fully saturated rings. The molecule has 0 saturated heterocycles. The summed E-state index contributed by atoms with van der Waals surface area (Å²) in [6.45, 7) is 4.20. The summed E-state index contributed by atoms with van der Waals surface area (Å²) in [6.07, 6.45) is 7.74. The van der Waals surface area contributed by atoms with Gasteiger partial charge < -0.3 is 14.9 Å². The monoisotopic (exact) mass is 406 g/mol. The predicted octanol–water partition coefficient (Wildman–Crippen LogP) is 6.16. The number of rotatable bonds is 7. The highest BCUT2D eigenvalue weighted by molar-refractivity contribution is 6.03. The molecule has 0 saturated carbocycles. The zero-order valence-corrected chi connectivity index (χ0v) is 17.9. The highest BCUT2D eigenvalue weighted by atomic mass is 16.5. The molecule has 4 heteroatoms. The Morgan fingerprint density at radius 2 is 1.77 bits per heavy atom. The Bertz CT molecular complexity index is 929. The average molecular weight is 407 g/mol. The van der Waals surface area contributed by atoms with E-state index in [0.29, 0.717) is 6.42 Å². The lowest BCUT2D eigenvalue weighted by atomic mass is 9.72. The van der Waals surface area contributed by atoms with Gasteiger partial charge in [0.1, 0.15) is 22.8 Å². The van der Waals surface area contributed by atoms with Crippen LogP contribution in [0.15, 0.2) is 65.8 Å². The van der Waals surface area contributed by atoms with Crippen molar-refractivity contribution < 1.29 is 19.7 Å². The number of carbonyl (C=O) groups excluding carboxylic acids is 1. The van der Waals surface area contributed by atoms with E-state index in [1.165, 1.54) is 29.3 Å². The van der Waals surface area contributed by atoms with Gasteiger partial charge in [0.25, 0.3) is 0 Å². The van der Waals surface area contributed by atoms with Crippen molar-refractivity contribution in [3.63, 3.8) is 0 Å². The maximum atomic E-state index is 13.4. The largest absolute Gasteiger partial charge is 0.507 e. The summed E-state index contributed by atoms with van der Waals surface area (Å²) in [7, 11) is 1.63. The van der Waals surface area contributed by atoms with Crippen molar-refractivity contribution >= 4 is 5.78 Å². The van der Waals surface area contributed by atoms with Crippen LogP contribution in [0, 0.1) is 5.92 Å². The van der Waals surface area contributed by atoms with E-state index in [4.69, 9.17) is 4.74 Å². The molecule has 0 radical (unpaired) electrons. The second-order valence-corrected chi connectivity index (χ2v) is 8.14. The lowest BCUT2D eigenvalue weighted by Crippen LogP contribution is -2.26. The van der Waals surface area contributed by atoms with Crippen molar-refractivity contribution in [2.75, 3.05) is 7.11 Å². The van der Waals surface area contributed by atoms with Crippen molar-refractivity contribution in [1.29, 1.82) is 0 Å². The van der Waals surface area contributed by atoms with Gasteiger partial charge in [-0.05, 0) is 75.3 Å². The summed E-state index contributed by atoms with van der Waals surface area (Å²) < 4.78 is 5.28. The van der Waals surface area contributed by atoms with Gasteiger partial charge in [-0.25, -0.2) is 0 Å². The van der Waals surface area contributed by atoms with Gasteiger partial charge in [0.15, 0.2) is 5.78 Å². The first-order valence-electron chi connectivity index (χ1n) is 10.4. The van der Waals surface area contributed by atoms with Crippen LogP contribution in [0.3, 0.4) is 0 Å². The third-order valence-corrected chi connectivity index (χ3v) is 5.79. The van der Waals surface area contributed by atoms with Gasteiger partial charge in [0.2, 0.25) is 0 Å². The SMILES string of the molecule is COc1ccc([C@@H]2CC(CCC=C(C)C)=CC[C@H]2C(=O)c2c(O)cccc2O)cc1. The van der Waals surface area contributed by atoms with E-state index in [1.54, 1.807) is 7.11 Å². The number of methoxy groups -OCH3 is 1. The molecule has 2 atom stereocenters. The Morgan fingerprint density at radius 1 is 1.10 bits per heavy atom. The second kappa shape index (κ2) is 9.66. The number of carbonyl (C=O) groups is 1. The molecule has 0 unspecified atom stereocenters. The fourth-order valence-electron chi connectivity index (χ4n) is 4.17. The number of Topliss-reactive ketones (excluding diaryl/α,β-unsaturated/α-hetero) is 1. The molecule has 1 aliphatic carbocycles. The Balaban J connectivity index is 1.93. The molecule has 0 spiro atoms. The van der Waals surface area contributed by atoms with Crippen molar-refractivity contribution in [3.05, 3.63) is 76.9 Å². The normalized spacial score (nSPS) is 18.4. The second-order valence-electron chi connectivity index (χ2n) is 8.14. The lowest BCUT2D eigenvalue weighted by Gasteiger charge is -2.31. The maximum Gasteiger partial charge on any atom is 0.174 e. The van der Waals surface area contributed by atoms with Crippen molar-refractivity contribution in [1.82, 2.24) is 0 Å². The molecule has 3 rings (SSSR count). The van der Waals surface area contributed by atoms with Crippen LogP contribution in [0.25, 0.3) is 0 Å². The number of allylic oxidation sites excluding steroid dienone is 4. The molecule has 0 amide bonds. The first-order valence-corrected chi connectivity index (χ1v) is 10.4. The number of hydrogen-bond donors (Lipinski definition) is 2. The number of ether oxygens (including phenoxy) is 1. The molecule has 0 heterocycles. The summed E-state index contributed by atoms with van der Waals surface area (Å²) >= 11 is 0. The zero-order valence-electron chi connectivity index (χ0n) is 17.9. The first-order chi connectivity index (χ1) is 14.4. The molecule has 1 aliphatic rings. The van der Waals surface area contributed by atoms with E-state index in [9.17, 15) is 15.0 Å². The fourth-order valence-corrected chi connectivity index (χ4v) is 4.17. The predicted molar refractivity (Wildman–Crippen MR) is 119 cm³/mol. The van der Waals surface area contributed by atoms with Crippen LogP contribution in [-0.4, -0.2) is 23.1 Å². The Hall–Kier alpha value is -3.01. The highest BCUT2D eigenvalue weighted by Gasteiger charge is 2.35. The van der Waals surface area contributed by atoms with E-state index in [2.05, 4.69) is 26.0 Å². The lowest BCUT2D eigenvalue weighted by molar-refractivity contribution is 0.0889. The standard InChI is InChI=1S/C26H30O4/c1-17(2)6-4-7-18-10-15-21(26(29)25-23(27)8-5-9-24(25)28)22(16-18)19-11-13-20(30-3)14-12-19/h5-6,8-14,21-22,27-28H,4,7,15-16H2,1-3H3/t21-,22+/m1/s1. The number of hydrogen-bond acceptors (Lipinski definition) is 4. The summed E-state index contributed by atoms with van der Waals surface area (Å²) in [5.41, 5.74) is 3.74. The van der Waals surface area contributed by atoms with E-state index >= 15 is 0 Å². The van der Waals surface area contributed by atoms with Crippen molar-refractivity contribution in [2.45, 2.75) is 45.4 Å². The van der Waals surface area contributed by atoms with Gasteiger partial charge >= 0.3 is 0 Å². The third kappa shape index (κ3) is 4.93. The van der Waals surface area contributed by atoms with E-state index in [-0.39, 0.29) is 34.7 Å². The molecular weight excluding hydrogens is 376 g/mol. The molecule has 0 aromatic heterocycles. The van der Waals surface area contributed by atoms with Crippen LogP contribution < -0.4 is 4.74 Å². The van der Waals surface area contributed by atoms with Gasteiger partial charge in [-0.3, -0.25) is 4.79 Å². The minimum atomic E-state index is -0.343. The number of phenols is 2.